The van der Waals surface area contributed by atoms with Crippen molar-refractivity contribution in [2.24, 2.45) is 0 Å². The lowest BCUT2D eigenvalue weighted by Crippen LogP contribution is -2.38. The average Bonchev–Trinajstić information content (AvgIpc) is 2.70. The number of hydrogen-bond acceptors (Lipinski definition) is 3. The van der Waals surface area contributed by atoms with Gasteiger partial charge in [-0.2, -0.15) is 0 Å². The quantitative estimate of drug-likeness (QED) is 0.613. The summed E-state index contributed by atoms with van der Waals surface area (Å²) in [7, 11) is -3.96. The second-order valence-corrected chi connectivity index (χ2v) is 8.91. The standard InChI is InChI=1S/C22H21ClN2O3S/c1-16-7-6-8-17(2)22(16)24-21(26)15-25(19-9-4-3-5-10-19)29(27,28)20-13-11-18(23)12-14-20/h3-14H,15H2,1-2H3,(H,24,26). The number of halogens is 1. The molecule has 0 aliphatic carbocycles. The van der Waals surface area contributed by atoms with Gasteiger partial charge < -0.3 is 5.32 Å². The number of para-hydroxylation sites is 2. The Labute approximate surface area is 176 Å². The molecular weight excluding hydrogens is 408 g/mol. The Morgan fingerprint density at radius 3 is 2.07 bits per heavy atom. The van der Waals surface area contributed by atoms with Gasteiger partial charge in [0.25, 0.3) is 10.0 Å². The monoisotopic (exact) mass is 428 g/mol. The second-order valence-electron chi connectivity index (χ2n) is 6.62. The van der Waals surface area contributed by atoms with Gasteiger partial charge in [-0.25, -0.2) is 8.42 Å². The van der Waals surface area contributed by atoms with Crippen LogP contribution in [0, 0.1) is 13.8 Å². The van der Waals surface area contributed by atoms with Crippen molar-refractivity contribution in [1.82, 2.24) is 0 Å². The Kier molecular flexibility index (Phi) is 6.25. The number of carbonyl (C=O) groups is 1. The molecule has 3 aromatic rings. The summed E-state index contributed by atoms with van der Waals surface area (Å²) in [6.07, 6.45) is 0. The maximum absolute atomic E-state index is 13.3. The van der Waals surface area contributed by atoms with Gasteiger partial charge in [-0.15, -0.1) is 0 Å². The second kappa shape index (κ2) is 8.68. The van der Waals surface area contributed by atoms with Gasteiger partial charge in [0.2, 0.25) is 5.91 Å². The maximum atomic E-state index is 13.3. The molecule has 0 saturated carbocycles. The number of anilines is 2. The van der Waals surface area contributed by atoms with Gasteiger partial charge in [0, 0.05) is 10.7 Å². The predicted molar refractivity (Wildman–Crippen MR) is 117 cm³/mol. The summed E-state index contributed by atoms with van der Waals surface area (Å²) in [5.74, 6) is -0.427. The van der Waals surface area contributed by atoms with E-state index in [9.17, 15) is 13.2 Å². The Morgan fingerprint density at radius 1 is 0.897 bits per heavy atom. The molecule has 1 amide bonds. The van der Waals surface area contributed by atoms with Crippen LogP contribution >= 0.6 is 11.6 Å². The minimum Gasteiger partial charge on any atom is -0.324 e. The molecule has 0 aliphatic rings. The van der Waals surface area contributed by atoms with E-state index in [2.05, 4.69) is 5.32 Å². The number of nitrogens with zero attached hydrogens (tertiary/aromatic N) is 1. The van der Waals surface area contributed by atoms with Crippen molar-refractivity contribution >= 4 is 38.9 Å². The molecule has 0 atom stereocenters. The first kappa shape index (κ1) is 20.9. The van der Waals surface area contributed by atoms with Crippen LogP contribution in [0.4, 0.5) is 11.4 Å². The molecule has 150 valence electrons. The summed E-state index contributed by atoms with van der Waals surface area (Å²) in [5, 5.41) is 3.28. The number of nitrogens with one attached hydrogen (secondary N) is 1. The molecule has 0 radical (unpaired) electrons. The highest BCUT2D eigenvalue weighted by Gasteiger charge is 2.27. The number of rotatable bonds is 6. The molecule has 0 aliphatic heterocycles. The zero-order chi connectivity index (χ0) is 21.0. The van der Waals surface area contributed by atoms with Crippen molar-refractivity contribution in [3.8, 4) is 0 Å². The summed E-state index contributed by atoms with van der Waals surface area (Å²) in [6, 6.07) is 20.1. The van der Waals surface area contributed by atoms with Crippen LogP contribution in [-0.2, 0) is 14.8 Å². The van der Waals surface area contributed by atoms with Crippen molar-refractivity contribution in [2.45, 2.75) is 18.7 Å². The van der Waals surface area contributed by atoms with E-state index in [1.165, 1.54) is 24.3 Å². The third-order valence-electron chi connectivity index (χ3n) is 4.48. The molecule has 7 heteroatoms. The summed E-state index contributed by atoms with van der Waals surface area (Å²) >= 11 is 5.89. The summed E-state index contributed by atoms with van der Waals surface area (Å²) < 4.78 is 27.6. The molecule has 29 heavy (non-hydrogen) atoms. The Balaban J connectivity index is 1.94. The number of hydrogen-bond donors (Lipinski definition) is 1. The molecule has 0 heterocycles. The molecule has 0 aromatic heterocycles. The molecule has 3 aromatic carbocycles. The van der Waals surface area contributed by atoms with E-state index < -0.39 is 15.9 Å². The minimum absolute atomic E-state index is 0.0608. The lowest BCUT2D eigenvalue weighted by molar-refractivity contribution is -0.114. The van der Waals surface area contributed by atoms with Crippen LogP contribution in [0.15, 0.2) is 77.7 Å². The highest BCUT2D eigenvalue weighted by molar-refractivity contribution is 7.92. The van der Waals surface area contributed by atoms with Crippen LogP contribution in [0.1, 0.15) is 11.1 Å². The van der Waals surface area contributed by atoms with Crippen LogP contribution in [0.25, 0.3) is 0 Å². The lowest BCUT2D eigenvalue weighted by atomic mass is 10.1. The predicted octanol–water partition coefficient (Wildman–Crippen LogP) is 4.79. The third kappa shape index (κ3) is 4.78. The molecule has 0 fully saturated rings. The van der Waals surface area contributed by atoms with Gasteiger partial charge in [0.1, 0.15) is 6.54 Å². The molecule has 0 spiro atoms. The molecule has 0 saturated heterocycles. The van der Waals surface area contributed by atoms with E-state index in [-0.39, 0.29) is 11.4 Å². The van der Waals surface area contributed by atoms with Crippen LogP contribution in [0.3, 0.4) is 0 Å². The van der Waals surface area contributed by atoms with Crippen LogP contribution in [0.5, 0.6) is 0 Å². The van der Waals surface area contributed by atoms with Crippen LogP contribution < -0.4 is 9.62 Å². The zero-order valence-electron chi connectivity index (χ0n) is 16.1. The largest absolute Gasteiger partial charge is 0.324 e. The Morgan fingerprint density at radius 2 is 1.48 bits per heavy atom. The number of benzene rings is 3. The first-order valence-corrected chi connectivity index (χ1v) is 10.8. The van der Waals surface area contributed by atoms with E-state index in [1.54, 1.807) is 30.3 Å². The minimum atomic E-state index is -3.96. The zero-order valence-corrected chi connectivity index (χ0v) is 17.7. The van der Waals surface area contributed by atoms with E-state index in [0.717, 1.165) is 15.4 Å². The third-order valence-corrected chi connectivity index (χ3v) is 6.52. The Bertz CT molecular complexity index is 1090. The van der Waals surface area contributed by atoms with E-state index in [0.29, 0.717) is 16.4 Å². The van der Waals surface area contributed by atoms with Crippen molar-refractivity contribution in [3.05, 3.63) is 88.9 Å². The fourth-order valence-corrected chi connectivity index (χ4v) is 4.51. The summed E-state index contributed by atoms with van der Waals surface area (Å²) in [5.41, 5.74) is 2.91. The summed E-state index contributed by atoms with van der Waals surface area (Å²) in [6.45, 7) is 3.42. The van der Waals surface area contributed by atoms with E-state index in [4.69, 9.17) is 11.6 Å². The van der Waals surface area contributed by atoms with Crippen molar-refractivity contribution in [1.29, 1.82) is 0 Å². The van der Waals surface area contributed by atoms with Gasteiger partial charge in [-0.3, -0.25) is 9.10 Å². The molecule has 1 N–H and O–H groups in total. The molecule has 0 bridgehead atoms. The first-order chi connectivity index (χ1) is 13.8. The van der Waals surface area contributed by atoms with Gasteiger partial charge in [0.15, 0.2) is 0 Å². The van der Waals surface area contributed by atoms with Gasteiger partial charge >= 0.3 is 0 Å². The highest BCUT2D eigenvalue weighted by Crippen LogP contribution is 2.25. The SMILES string of the molecule is Cc1cccc(C)c1NC(=O)CN(c1ccccc1)S(=O)(=O)c1ccc(Cl)cc1. The average molecular weight is 429 g/mol. The summed E-state index contributed by atoms with van der Waals surface area (Å²) in [4.78, 5) is 12.9. The van der Waals surface area contributed by atoms with Crippen molar-refractivity contribution in [3.63, 3.8) is 0 Å². The fraction of sp³-hybridized carbons (Fsp3) is 0.136. The van der Waals surface area contributed by atoms with Crippen LogP contribution in [0.2, 0.25) is 5.02 Å². The number of sulfonamides is 1. The van der Waals surface area contributed by atoms with Gasteiger partial charge in [0.05, 0.1) is 10.6 Å². The maximum Gasteiger partial charge on any atom is 0.264 e. The molecule has 3 rings (SSSR count). The normalized spacial score (nSPS) is 11.1. The molecule has 0 unspecified atom stereocenters. The first-order valence-electron chi connectivity index (χ1n) is 8.98. The van der Waals surface area contributed by atoms with Crippen molar-refractivity contribution < 1.29 is 13.2 Å². The Hall–Kier alpha value is -2.83. The van der Waals surface area contributed by atoms with Crippen LogP contribution in [-0.4, -0.2) is 20.9 Å². The molecule has 5 nitrogen and oxygen atoms in total. The fourth-order valence-electron chi connectivity index (χ4n) is 2.96. The lowest BCUT2D eigenvalue weighted by Gasteiger charge is -2.24. The van der Waals surface area contributed by atoms with E-state index in [1.807, 2.05) is 32.0 Å². The highest BCUT2D eigenvalue weighted by atomic mass is 35.5. The topological polar surface area (TPSA) is 66.5 Å². The molecular formula is C22H21ClN2O3S. The van der Waals surface area contributed by atoms with Gasteiger partial charge in [-0.1, -0.05) is 48.0 Å². The smallest absolute Gasteiger partial charge is 0.264 e. The van der Waals surface area contributed by atoms with Gasteiger partial charge in [-0.05, 0) is 61.4 Å². The number of amides is 1. The van der Waals surface area contributed by atoms with E-state index >= 15 is 0 Å². The number of carbonyl (C=O) groups excluding carboxylic acids is 1. The number of aryl methyl sites for hydroxylation is 2. The van der Waals surface area contributed by atoms with Crippen molar-refractivity contribution in [2.75, 3.05) is 16.2 Å².